The molecule has 0 saturated carbocycles. The molecule has 0 aliphatic heterocycles. The molecular weight excluding hydrogens is 162 g/mol. The van der Waals surface area contributed by atoms with Crippen LogP contribution in [-0.4, -0.2) is 47.3 Å². The molecule has 1 atom stereocenters. The maximum atomic E-state index is 11.1. The van der Waals surface area contributed by atoms with Gasteiger partial charge in [-0.25, -0.2) is 0 Å². The van der Waals surface area contributed by atoms with E-state index in [4.69, 9.17) is 7.74 Å². The summed E-state index contributed by atoms with van der Waals surface area (Å²) >= 11 is 0. The summed E-state index contributed by atoms with van der Waals surface area (Å²) in [7, 11) is 10.00. The lowest BCUT2D eigenvalue weighted by Crippen LogP contribution is -2.37. The topological polar surface area (TPSA) is 41.1 Å². The van der Waals surface area contributed by atoms with Crippen LogP contribution in [-0.2, 0) is 4.79 Å². The monoisotopic (exact) mass is 179 g/mol. The fraction of sp³-hybridized carbons (Fsp3) is 0.875. The largest absolute Gasteiger partial charge is 0.320 e. The van der Waals surface area contributed by atoms with Crippen molar-refractivity contribution in [3.8, 4) is 0 Å². The Morgan fingerprint density at radius 2 is 2.15 bits per heavy atom. The SMILES string of the molecule is [B][B]C(=O)[C@H](CCCCNC)NC. The maximum absolute atomic E-state index is 11.1. The molecule has 71 valence electrons. The molecule has 0 aliphatic carbocycles. The van der Waals surface area contributed by atoms with Crippen molar-refractivity contribution in [2.45, 2.75) is 25.3 Å². The van der Waals surface area contributed by atoms with Gasteiger partial charge < -0.3 is 15.4 Å². The van der Waals surface area contributed by atoms with Crippen LogP contribution in [0.3, 0.4) is 0 Å². The van der Waals surface area contributed by atoms with E-state index in [2.05, 4.69) is 10.6 Å². The summed E-state index contributed by atoms with van der Waals surface area (Å²) in [6.07, 6.45) is 2.98. The van der Waals surface area contributed by atoms with Gasteiger partial charge >= 0.3 is 0 Å². The zero-order chi connectivity index (χ0) is 10.1. The quantitative estimate of drug-likeness (QED) is 0.381. The van der Waals surface area contributed by atoms with Crippen LogP contribution in [0.1, 0.15) is 19.3 Å². The van der Waals surface area contributed by atoms with Crippen molar-refractivity contribution < 1.29 is 4.79 Å². The summed E-state index contributed by atoms with van der Waals surface area (Å²) in [4.78, 5) is 11.1. The minimum Gasteiger partial charge on any atom is -0.320 e. The summed E-state index contributed by atoms with van der Waals surface area (Å²) in [5, 5.41) is 6.01. The first-order valence-electron chi connectivity index (χ1n) is 4.67. The van der Waals surface area contributed by atoms with Gasteiger partial charge in [0.15, 0.2) is 0 Å². The predicted molar refractivity (Wildman–Crippen MR) is 57.1 cm³/mol. The summed E-state index contributed by atoms with van der Waals surface area (Å²) < 4.78 is 0. The van der Waals surface area contributed by atoms with Crippen molar-refractivity contribution in [1.29, 1.82) is 0 Å². The molecule has 13 heavy (non-hydrogen) atoms. The van der Waals surface area contributed by atoms with Gasteiger partial charge in [0.2, 0.25) is 0 Å². The number of hydrogen-bond donors (Lipinski definition) is 2. The van der Waals surface area contributed by atoms with E-state index in [0.29, 0.717) is 0 Å². The summed E-state index contributed by atoms with van der Waals surface area (Å²) in [6.45, 7) is 0.997. The first-order chi connectivity index (χ1) is 6.26. The molecule has 2 N–H and O–H groups in total. The number of carbonyl (C=O) groups excluding carboxylic acids is 1. The minimum atomic E-state index is -0.109. The molecule has 0 amide bonds. The highest BCUT2D eigenvalue weighted by Gasteiger charge is 2.12. The van der Waals surface area contributed by atoms with E-state index >= 15 is 0 Å². The third-order valence-corrected chi connectivity index (χ3v) is 2.03. The van der Waals surface area contributed by atoms with Crippen LogP contribution in [0.5, 0.6) is 0 Å². The van der Waals surface area contributed by atoms with Crippen LogP contribution in [0.15, 0.2) is 0 Å². The molecule has 0 spiro atoms. The van der Waals surface area contributed by atoms with Crippen LogP contribution in [0, 0.1) is 0 Å². The Bertz CT molecular complexity index is 144. The second-order valence-corrected chi connectivity index (χ2v) is 3.01. The molecule has 0 aromatic carbocycles. The number of hydrogen-bond acceptors (Lipinski definition) is 3. The van der Waals surface area contributed by atoms with Crippen LogP contribution in [0.25, 0.3) is 0 Å². The zero-order valence-electron chi connectivity index (χ0n) is 8.47. The Morgan fingerprint density at radius 3 is 2.62 bits per heavy atom. The first kappa shape index (κ1) is 12.7. The number of likely N-dealkylation sites (N-methyl/N-ethyl adjacent to an activating group) is 1. The van der Waals surface area contributed by atoms with E-state index in [1.165, 1.54) is 0 Å². The molecule has 0 aromatic heterocycles. The summed E-state index contributed by atoms with van der Waals surface area (Å²) in [5.41, 5.74) is -0.0213. The molecule has 5 heteroatoms. The lowest BCUT2D eigenvalue weighted by molar-refractivity contribution is -0.113. The van der Waals surface area contributed by atoms with Crippen molar-refractivity contribution in [2.75, 3.05) is 20.6 Å². The second-order valence-electron chi connectivity index (χ2n) is 3.01. The molecule has 3 nitrogen and oxygen atoms in total. The Balaban J connectivity index is 3.53. The number of carbonyl (C=O) groups is 1. The molecule has 0 fully saturated rings. The number of nitrogens with one attached hydrogen (secondary N) is 2. The van der Waals surface area contributed by atoms with Crippen molar-refractivity contribution >= 4 is 20.6 Å². The smallest absolute Gasteiger partial charge is 0.148 e. The van der Waals surface area contributed by atoms with Gasteiger partial charge in [0.05, 0.1) is 11.7 Å². The highest BCUT2D eigenvalue weighted by molar-refractivity contribution is 7.08. The fourth-order valence-corrected chi connectivity index (χ4v) is 1.20. The average Bonchev–Trinajstić information content (AvgIpc) is 2.17. The van der Waals surface area contributed by atoms with Gasteiger partial charge in [-0.05, 0) is 33.5 Å². The average molecular weight is 179 g/mol. The van der Waals surface area contributed by atoms with E-state index < -0.39 is 0 Å². The van der Waals surface area contributed by atoms with Crippen LogP contribution >= 0.6 is 0 Å². The Labute approximate surface area is 82.7 Å². The van der Waals surface area contributed by atoms with E-state index in [1.807, 2.05) is 7.05 Å². The van der Waals surface area contributed by atoms with Gasteiger partial charge in [0.1, 0.15) is 7.17 Å². The highest BCUT2D eigenvalue weighted by Crippen LogP contribution is 2.00. The van der Waals surface area contributed by atoms with Gasteiger partial charge in [0.25, 0.3) is 0 Å². The van der Waals surface area contributed by atoms with Gasteiger partial charge in [-0.15, -0.1) is 0 Å². The standard InChI is InChI=1S/C8H17B2N2O/c1-11-6-4-3-5-7(12-2)8(13)10-9/h7,11-12H,3-6H2,1-2H3/t7-/m0/s1. The third kappa shape index (κ3) is 5.88. The van der Waals surface area contributed by atoms with E-state index in [1.54, 1.807) is 7.05 Å². The Morgan fingerprint density at radius 1 is 1.46 bits per heavy atom. The summed E-state index contributed by atoms with van der Waals surface area (Å²) in [6, 6.07) is -0.109. The molecule has 0 unspecified atom stereocenters. The molecular formula is C8H17B2N2O. The first-order valence-corrected chi connectivity index (χ1v) is 4.67. The van der Waals surface area contributed by atoms with Crippen molar-refractivity contribution in [3.05, 3.63) is 0 Å². The van der Waals surface area contributed by atoms with Crippen LogP contribution in [0.4, 0.5) is 0 Å². The van der Waals surface area contributed by atoms with Gasteiger partial charge in [-0.2, -0.15) is 0 Å². The van der Waals surface area contributed by atoms with E-state index in [9.17, 15) is 4.79 Å². The Hall–Kier alpha value is -0.280. The van der Waals surface area contributed by atoms with E-state index in [0.717, 1.165) is 33.0 Å². The Kier molecular flexibility index (Phi) is 8.14. The predicted octanol–water partition coefficient (Wildman–Crippen LogP) is -0.722. The molecule has 0 aliphatic rings. The summed E-state index contributed by atoms with van der Waals surface area (Å²) in [5.74, 6) is 0. The van der Waals surface area contributed by atoms with Gasteiger partial charge in [0, 0.05) is 7.74 Å². The number of rotatable bonds is 8. The molecule has 3 radical (unpaired) electrons. The minimum absolute atomic E-state index is 0.0213. The fourth-order valence-electron chi connectivity index (χ4n) is 1.20. The lowest BCUT2D eigenvalue weighted by Gasteiger charge is -2.13. The number of unbranched alkanes of at least 4 members (excludes halogenated alkanes) is 1. The van der Waals surface area contributed by atoms with Gasteiger partial charge in [-0.1, -0.05) is 6.42 Å². The van der Waals surface area contributed by atoms with Crippen LogP contribution < -0.4 is 10.6 Å². The molecule has 0 heterocycles. The molecule has 0 saturated heterocycles. The molecule has 0 bridgehead atoms. The zero-order valence-corrected chi connectivity index (χ0v) is 8.47. The second kappa shape index (κ2) is 8.32. The maximum Gasteiger partial charge on any atom is 0.148 e. The normalized spacial score (nSPS) is 12.5. The van der Waals surface area contributed by atoms with Crippen molar-refractivity contribution in [3.63, 3.8) is 0 Å². The van der Waals surface area contributed by atoms with Gasteiger partial charge in [-0.3, -0.25) is 0 Å². The van der Waals surface area contributed by atoms with Crippen molar-refractivity contribution in [1.82, 2.24) is 10.6 Å². The van der Waals surface area contributed by atoms with Crippen molar-refractivity contribution in [2.24, 2.45) is 0 Å². The lowest BCUT2D eigenvalue weighted by atomic mass is 9.51. The molecule has 0 aromatic rings. The van der Waals surface area contributed by atoms with E-state index in [-0.39, 0.29) is 11.7 Å². The highest BCUT2D eigenvalue weighted by atomic mass is 16.1. The molecule has 0 rings (SSSR count). The third-order valence-electron chi connectivity index (χ3n) is 2.03. The van der Waals surface area contributed by atoms with Crippen LogP contribution in [0.2, 0.25) is 0 Å².